The van der Waals surface area contributed by atoms with E-state index in [1.54, 1.807) is 6.92 Å². The Morgan fingerprint density at radius 2 is 2.15 bits per heavy atom. The normalized spacial score (nSPS) is 15.9. The summed E-state index contributed by atoms with van der Waals surface area (Å²) in [7, 11) is 0. The van der Waals surface area contributed by atoms with Crippen LogP contribution in [0.15, 0.2) is 18.3 Å². The highest BCUT2D eigenvalue weighted by molar-refractivity contribution is 5.89. The van der Waals surface area contributed by atoms with Gasteiger partial charge in [0.1, 0.15) is 0 Å². The summed E-state index contributed by atoms with van der Waals surface area (Å²) in [5.74, 6) is -0.451. The number of nitro groups is 1. The van der Waals surface area contributed by atoms with Crippen molar-refractivity contribution >= 4 is 23.0 Å². The van der Waals surface area contributed by atoms with Gasteiger partial charge in [-0.25, -0.2) is 9.78 Å². The van der Waals surface area contributed by atoms with Crippen molar-refractivity contribution in [3.8, 4) is 0 Å². The maximum Gasteiger partial charge on any atom is 0.328 e. The molecule has 2 heterocycles. The second-order valence-corrected chi connectivity index (χ2v) is 6.88. The fourth-order valence-electron chi connectivity index (χ4n) is 3.08. The molecule has 0 aromatic carbocycles. The van der Waals surface area contributed by atoms with Crippen LogP contribution in [0.2, 0.25) is 0 Å². The summed E-state index contributed by atoms with van der Waals surface area (Å²) in [5.41, 5.74) is 0.744. The van der Waals surface area contributed by atoms with E-state index < -0.39 is 10.9 Å². The van der Waals surface area contributed by atoms with Crippen molar-refractivity contribution in [1.29, 1.82) is 0 Å². The topological polar surface area (TPSA) is 106 Å². The Morgan fingerprint density at radius 1 is 1.50 bits per heavy atom. The van der Waals surface area contributed by atoms with Crippen molar-refractivity contribution in [2.45, 2.75) is 39.7 Å². The van der Waals surface area contributed by atoms with Crippen molar-refractivity contribution in [2.75, 3.05) is 24.7 Å². The molecule has 0 atom stereocenters. The minimum absolute atomic E-state index is 0.104. The van der Waals surface area contributed by atoms with E-state index in [9.17, 15) is 14.9 Å². The average molecular weight is 363 g/mol. The maximum absolute atomic E-state index is 11.7. The van der Waals surface area contributed by atoms with Gasteiger partial charge in [-0.05, 0) is 31.3 Å². The molecule has 0 spiro atoms. The lowest BCUT2D eigenvalue weighted by molar-refractivity contribution is -0.384. The molecular formula is C18H25N3O5. The van der Waals surface area contributed by atoms with Crippen molar-refractivity contribution in [3.05, 3.63) is 34.0 Å². The average Bonchev–Trinajstić information content (AvgIpc) is 2.59. The highest BCUT2D eigenvalue weighted by Gasteiger charge is 2.29. The largest absolute Gasteiger partial charge is 0.478 e. The first kappa shape index (κ1) is 19.8. The van der Waals surface area contributed by atoms with Crippen LogP contribution >= 0.6 is 0 Å². The number of hydrogen-bond acceptors (Lipinski definition) is 6. The molecule has 1 N–H and O–H groups in total. The summed E-state index contributed by atoms with van der Waals surface area (Å²) in [6.07, 6.45) is 4.12. The molecule has 0 bridgehead atoms. The molecule has 0 aliphatic carbocycles. The number of ether oxygens (including phenoxy) is 1. The van der Waals surface area contributed by atoms with Gasteiger partial charge in [-0.15, -0.1) is 0 Å². The molecule has 1 aromatic rings. The van der Waals surface area contributed by atoms with E-state index in [1.165, 1.54) is 12.3 Å². The predicted molar refractivity (Wildman–Crippen MR) is 98.2 cm³/mol. The Bertz CT molecular complexity index is 696. The van der Waals surface area contributed by atoms with Crippen LogP contribution in [0.5, 0.6) is 0 Å². The first-order chi connectivity index (χ1) is 12.3. The van der Waals surface area contributed by atoms with E-state index in [1.807, 2.05) is 4.90 Å². The van der Waals surface area contributed by atoms with E-state index in [-0.39, 0.29) is 11.7 Å². The summed E-state index contributed by atoms with van der Waals surface area (Å²) in [6, 6.07) is 1.54. The molecule has 142 valence electrons. The van der Waals surface area contributed by atoms with Gasteiger partial charge in [0.25, 0.3) is 0 Å². The number of carboxylic acids is 1. The number of nitrogens with zero attached hydrogens (tertiary/aromatic N) is 3. The number of allylic oxidation sites excluding steroid dienone is 1. The Morgan fingerprint density at radius 3 is 2.69 bits per heavy atom. The smallest absolute Gasteiger partial charge is 0.328 e. The van der Waals surface area contributed by atoms with Gasteiger partial charge in [0, 0.05) is 49.7 Å². The standard InChI is InChI=1S/C18H25N3O5/c1-12(2)11-20(15-4-6-26-7-5-15)18-16(21(24)25)9-14(10-19-18)13(3)8-17(22)23/h8-10,12,15H,4-7,11H2,1-3H3,(H,22,23)/b13-8-. The molecule has 0 radical (unpaired) electrons. The summed E-state index contributed by atoms with van der Waals surface area (Å²) in [4.78, 5) is 28.4. The van der Waals surface area contributed by atoms with Crippen LogP contribution in [-0.4, -0.2) is 46.8 Å². The second kappa shape index (κ2) is 8.75. The molecule has 1 fully saturated rings. The number of aliphatic carboxylic acids is 1. The van der Waals surface area contributed by atoms with E-state index >= 15 is 0 Å². The molecule has 1 saturated heterocycles. The molecule has 1 aromatic heterocycles. The van der Waals surface area contributed by atoms with E-state index in [2.05, 4.69) is 18.8 Å². The molecule has 8 heteroatoms. The fourth-order valence-corrected chi connectivity index (χ4v) is 3.08. The van der Waals surface area contributed by atoms with Gasteiger partial charge in [-0.2, -0.15) is 0 Å². The van der Waals surface area contributed by atoms with Crippen LogP contribution in [0.25, 0.3) is 5.57 Å². The van der Waals surface area contributed by atoms with Gasteiger partial charge >= 0.3 is 11.7 Å². The SMILES string of the molecule is C/C(=C/C(=O)O)c1cnc(N(CC(C)C)C2CCOCC2)c([N+](=O)[O-])c1. The molecule has 8 nitrogen and oxygen atoms in total. The quantitative estimate of drug-likeness (QED) is 0.451. The second-order valence-electron chi connectivity index (χ2n) is 6.88. The van der Waals surface area contributed by atoms with Crippen molar-refractivity contribution in [1.82, 2.24) is 4.98 Å². The van der Waals surface area contributed by atoms with Crippen LogP contribution in [0, 0.1) is 16.0 Å². The van der Waals surface area contributed by atoms with Crippen LogP contribution in [0.4, 0.5) is 11.5 Å². The lowest BCUT2D eigenvalue weighted by atomic mass is 10.0. The van der Waals surface area contributed by atoms with Gasteiger partial charge in [0.15, 0.2) is 0 Å². The molecule has 1 aliphatic heterocycles. The van der Waals surface area contributed by atoms with Crippen LogP contribution < -0.4 is 4.90 Å². The molecule has 0 amide bonds. The molecule has 0 saturated carbocycles. The summed E-state index contributed by atoms with van der Waals surface area (Å²) >= 11 is 0. The number of anilines is 1. The first-order valence-electron chi connectivity index (χ1n) is 8.70. The third kappa shape index (κ3) is 5.01. The highest BCUT2D eigenvalue weighted by Crippen LogP contribution is 2.32. The number of carbonyl (C=O) groups is 1. The Balaban J connectivity index is 2.46. The van der Waals surface area contributed by atoms with Gasteiger partial charge < -0.3 is 14.7 Å². The van der Waals surface area contributed by atoms with Crippen molar-refractivity contribution < 1.29 is 19.6 Å². The third-order valence-corrected chi connectivity index (χ3v) is 4.30. The minimum atomic E-state index is -1.10. The Hall–Kier alpha value is -2.48. The van der Waals surface area contributed by atoms with E-state index in [0.717, 1.165) is 18.9 Å². The lowest BCUT2D eigenvalue weighted by Crippen LogP contribution is -2.42. The maximum atomic E-state index is 11.7. The van der Waals surface area contributed by atoms with E-state index in [4.69, 9.17) is 9.84 Å². The lowest BCUT2D eigenvalue weighted by Gasteiger charge is -2.36. The van der Waals surface area contributed by atoms with Crippen molar-refractivity contribution in [3.63, 3.8) is 0 Å². The van der Waals surface area contributed by atoms with Crippen LogP contribution in [-0.2, 0) is 9.53 Å². The Kier molecular flexibility index (Phi) is 6.68. The molecular weight excluding hydrogens is 338 g/mol. The molecule has 26 heavy (non-hydrogen) atoms. The number of carboxylic acid groups (broad SMARTS) is 1. The first-order valence-corrected chi connectivity index (χ1v) is 8.70. The number of aromatic nitrogens is 1. The number of rotatable bonds is 7. The van der Waals surface area contributed by atoms with Gasteiger partial charge in [-0.1, -0.05) is 13.8 Å². The molecule has 1 aliphatic rings. The minimum Gasteiger partial charge on any atom is -0.478 e. The van der Waals surface area contributed by atoms with E-state index in [0.29, 0.717) is 42.6 Å². The third-order valence-electron chi connectivity index (χ3n) is 4.30. The monoisotopic (exact) mass is 363 g/mol. The van der Waals surface area contributed by atoms with Crippen LogP contribution in [0.3, 0.4) is 0 Å². The number of hydrogen-bond donors (Lipinski definition) is 1. The van der Waals surface area contributed by atoms with Gasteiger partial charge in [0.2, 0.25) is 5.82 Å². The Labute approximate surface area is 152 Å². The molecule has 2 rings (SSSR count). The fraction of sp³-hybridized carbons (Fsp3) is 0.556. The molecule has 0 unspecified atom stereocenters. The summed E-state index contributed by atoms with van der Waals surface area (Å²) in [5, 5.41) is 20.6. The summed E-state index contributed by atoms with van der Waals surface area (Å²) < 4.78 is 5.41. The number of pyridine rings is 1. The van der Waals surface area contributed by atoms with Gasteiger partial charge in [-0.3, -0.25) is 10.1 Å². The highest BCUT2D eigenvalue weighted by atomic mass is 16.6. The summed E-state index contributed by atoms with van der Waals surface area (Å²) in [6.45, 7) is 7.64. The zero-order valence-corrected chi connectivity index (χ0v) is 15.3. The zero-order chi connectivity index (χ0) is 19.3. The zero-order valence-electron chi connectivity index (χ0n) is 15.3. The van der Waals surface area contributed by atoms with Crippen molar-refractivity contribution in [2.24, 2.45) is 5.92 Å². The van der Waals surface area contributed by atoms with Gasteiger partial charge in [0.05, 0.1) is 4.92 Å². The van der Waals surface area contributed by atoms with Crippen LogP contribution in [0.1, 0.15) is 39.2 Å². The predicted octanol–water partition coefficient (Wildman–Crippen LogP) is 3.12.